The van der Waals surface area contributed by atoms with Gasteiger partial charge in [0.05, 0.1) is 23.9 Å². The number of para-hydroxylation sites is 1. The second-order valence-electron chi connectivity index (χ2n) is 4.11. The molecule has 2 aromatic carbocycles. The molecule has 0 aliphatic rings. The first-order chi connectivity index (χ1) is 9.61. The number of benzene rings is 2. The van der Waals surface area contributed by atoms with Crippen molar-refractivity contribution in [2.45, 2.75) is 0 Å². The van der Waals surface area contributed by atoms with Gasteiger partial charge in [0.1, 0.15) is 0 Å². The average Bonchev–Trinajstić information content (AvgIpc) is 2.47. The van der Waals surface area contributed by atoms with E-state index in [2.05, 4.69) is 10.1 Å². The number of hydrogen-bond donors (Lipinski definition) is 2. The number of primary amides is 1. The summed E-state index contributed by atoms with van der Waals surface area (Å²) in [5.74, 6) is -0.936. The summed E-state index contributed by atoms with van der Waals surface area (Å²) in [5.41, 5.74) is 7.38. The third kappa shape index (κ3) is 2.95. The van der Waals surface area contributed by atoms with E-state index in [1.807, 2.05) is 0 Å². The van der Waals surface area contributed by atoms with Crippen molar-refractivity contribution in [2.75, 3.05) is 12.4 Å². The molecule has 0 aromatic heterocycles. The molecular formula is C15H14N2O3. The lowest BCUT2D eigenvalue weighted by atomic mass is 10.1. The van der Waals surface area contributed by atoms with Crippen molar-refractivity contribution in [3.8, 4) is 0 Å². The fourth-order valence-corrected chi connectivity index (χ4v) is 1.80. The van der Waals surface area contributed by atoms with Crippen LogP contribution in [-0.2, 0) is 4.74 Å². The van der Waals surface area contributed by atoms with E-state index in [9.17, 15) is 9.59 Å². The lowest BCUT2D eigenvalue weighted by Crippen LogP contribution is -2.13. The van der Waals surface area contributed by atoms with Gasteiger partial charge in [-0.05, 0) is 30.3 Å². The number of anilines is 2. The van der Waals surface area contributed by atoms with Crippen LogP contribution >= 0.6 is 0 Å². The van der Waals surface area contributed by atoms with Crippen molar-refractivity contribution in [3.63, 3.8) is 0 Å². The largest absolute Gasteiger partial charge is 0.465 e. The maximum Gasteiger partial charge on any atom is 0.337 e. The third-order valence-corrected chi connectivity index (χ3v) is 2.76. The van der Waals surface area contributed by atoms with Crippen molar-refractivity contribution in [3.05, 3.63) is 59.7 Å². The lowest BCUT2D eigenvalue weighted by molar-refractivity contribution is 0.0600. The second kappa shape index (κ2) is 5.88. The molecule has 0 radical (unpaired) electrons. The first-order valence-corrected chi connectivity index (χ1v) is 5.96. The maximum absolute atomic E-state index is 11.5. The van der Waals surface area contributed by atoms with Gasteiger partial charge in [0.2, 0.25) is 0 Å². The number of nitrogens with two attached hydrogens (primary N) is 1. The summed E-state index contributed by atoms with van der Waals surface area (Å²) in [6, 6.07) is 13.7. The summed E-state index contributed by atoms with van der Waals surface area (Å²) >= 11 is 0. The second-order valence-corrected chi connectivity index (χ2v) is 4.11. The first kappa shape index (κ1) is 13.6. The van der Waals surface area contributed by atoms with Gasteiger partial charge in [-0.3, -0.25) is 4.79 Å². The number of hydrogen-bond acceptors (Lipinski definition) is 4. The number of carbonyl (C=O) groups is 2. The van der Waals surface area contributed by atoms with Crippen molar-refractivity contribution in [1.29, 1.82) is 0 Å². The number of carbonyl (C=O) groups excluding carboxylic acids is 2. The minimum Gasteiger partial charge on any atom is -0.465 e. The molecule has 1 amide bonds. The minimum atomic E-state index is -0.516. The molecule has 2 aromatic rings. The monoisotopic (exact) mass is 270 g/mol. The molecule has 0 heterocycles. The van der Waals surface area contributed by atoms with Crippen molar-refractivity contribution >= 4 is 23.3 Å². The van der Waals surface area contributed by atoms with Crippen LogP contribution in [0.15, 0.2) is 48.5 Å². The molecule has 0 fully saturated rings. The summed E-state index contributed by atoms with van der Waals surface area (Å²) in [4.78, 5) is 22.8. The Bertz CT molecular complexity index is 653. The highest BCUT2D eigenvalue weighted by atomic mass is 16.5. The van der Waals surface area contributed by atoms with Crippen LogP contribution in [0.4, 0.5) is 11.4 Å². The third-order valence-electron chi connectivity index (χ3n) is 2.76. The Morgan fingerprint density at radius 1 is 1.10 bits per heavy atom. The first-order valence-electron chi connectivity index (χ1n) is 5.96. The molecule has 0 bridgehead atoms. The predicted octanol–water partition coefficient (Wildman–Crippen LogP) is 2.32. The number of amides is 1. The topological polar surface area (TPSA) is 81.4 Å². The van der Waals surface area contributed by atoms with E-state index < -0.39 is 11.9 Å². The SMILES string of the molecule is COC(=O)c1cccc(Nc2ccccc2C(N)=O)c1. The quantitative estimate of drug-likeness (QED) is 0.835. The van der Waals surface area contributed by atoms with Gasteiger partial charge >= 0.3 is 5.97 Å². The van der Waals surface area contributed by atoms with Crippen LogP contribution in [0.1, 0.15) is 20.7 Å². The van der Waals surface area contributed by atoms with Gasteiger partial charge in [-0.1, -0.05) is 18.2 Å². The van der Waals surface area contributed by atoms with Crippen molar-refractivity contribution in [2.24, 2.45) is 5.73 Å². The van der Waals surface area contributed by atoms with E-state index >= 15 is 0 Å². The van der Waals surface area contributed by atoms with Crippen LogP contribution in [0.2, 0.25) is 0 Å². The molecular weight excluding hydrogens is 256 g/mol. The maximum atomic E-state index is 11.5. The predicted molar refractivity (Wildman–Crippen MR) is 76.0 cm³/mol. The van der Waals surface area contributed by atoms with Crippen LogP contribution in [0.3, 0.4) is 0 Å². The molecule has 2 rings (SSSR count). The molecule has 0 saturated heterocycles. The molecule has 3 N–H and O–H groups in total. The van der Waals surface area contributed by atoms with E-state index in [0.717, 1.165) is 0 Å². The molecule has 0 aliphatic carbocycles. The standard InChI is InChI=1S/C15H14N2O3/c1-20-15(19)10-5-4-6-11(9-10)17-13-8-3-2-7-12(13)14(16)18/h2-9,17H,1H3,(H2,16,18). The number of nitrogens with one attached hydrogen (secondary N) is 1. The number of methoxy groups -OCH3 is 1. The normalized spacial score (nSPS) is 9.85. The molecule has 0 saturated carbocycles. The molecule has 20 heavy (non-hydrogen) atoms. The zero-order valence-electron chi connectivity index (χ0n) is 10.9. The van der Waals surface area contributed by atoms with Crippen molar-refractivity contribution < 1.29 is 14.3 Å². The Labute approximate surface area is 116 Å². The van der Waals surface area contributed by atoms with E-state index in [4.69, 9.17) is 5.73 Å². The van der Waals surface area contributed by atoms with E-state index in [0.29, 0.717) is 22.5 Å². The number of rotatable bonds is 4. The van der Waals surface area contributed by atoms with Gasteiger partial charge in [0, 0.05) is 5.69 Å². The minimum absolute atomic E-state index is 0.385. The Balaban J connectivity index is 2.31. The lowest BCUT2D eigenvalue weighted by Gasteiger charge is -2.10. The average molecular weight is 270 g/mol. The summed E-state index contributed by atoms with van der Waals surface area (Å²) in [6.07, 6.45) is 0. The molecule has 0 spiro atoms. The highest BCUT2D eigenvalue weighted by molar-refractivity contribution is 5.99. The smallest absolute Gasteiger partial charge is 0.337 e. The van der Waals surface area contributed by atoms with Crippen LogP contribution in [0.25, 0.3) is 0 Å². The summed E-state index contributed by atoms with van der Waals surface area (Å²) < 4.78 is 4.66. The molecule has 0 atom stereocenters. The van der Waals surface area contributed by atoms with Crippen LogP contribution < -0.4 is 11.1 Å². The Morgan fingerprint density at radius 3 is 2.55 bits per heavy atom. The Kier molecular flexibility index (Phi) is 4.00. The van der Waals surface area contributed by atoms with Gasteiger partial charge in [-0.15, -0.1) is 0 Å². The van der Waals surface area contributed by atoms with Crippen LogP contribution in [0.5, 0.6) is 0 Å². The van der Waals surface area contributed by atoms with Gasteiger partial charge in [-0.25, -0.2) is 4.79 Å². The van der Waals surface area contributed by atoms with E-state index in [-0.39, 0.29) is 0 Å². The number of esters is 1. The highest BCUT2D eigenvalue weighted by Crippen LogP contribution is 2.21. The molecule has 5 nitrogen and oxygen atoms in total. The fraction of sp³-hybridized carbons (Fsp3) is 0.0667. The zero-order valence-corrected chi connectivity index (χ0v) is 10.9. The molecule has 0 unspecified atom stereocenters. The summed E-state index contributed by atoms with van der Waals surface area (Å²) in [7, 11) is 1.32. The zero-order chi connectivity index (χ0) is 14.5. The van der Waals surface area contributed by atoms with Crippen molar-refractivity contribution in [1.82, 2.24) is 0 Å². The molecule has 102 valence electrons. The summed E-state index contributed by atoms with van der Waals surface area (Å²) in [5, 5.41) is 3.06. The molecule has 5 heteroatoms. The highest BCUT2D eigenvalue weighted by Gasteiger charge is 2.09. The van der Waals surface area contributed by atoms with Gasteiger partial charge in [-0.2, -0.15) is 0 Å². The number of ether oxygens (including phenoxy) is 1. The van der Waals surface area contributed by atoms with Crippen LogP contribution in [-0.4, -0.2) is 19.0 Å². The Morgan fingerprint density at radius 2 is 1.85 bits per heavy atom. The fourth-order valence-electron chi connectivity index (χ4n) is 1.80. The van der Waals surface area contributed by atoms with E-state index in [1.165, 1.54) is 7.11 Å². The van der Waals surface area contributed by atoms with Gasteiger partial charge in [0.15, 0.2) is 0 Å². The van der Waals surface area contributed by atoms with E-state index in [1.54, 1.807) is 48.5 Å². The van der Waals surface area contributed by atoms with Crippen LogP contribution in [0, 0.1) is 0 Å². The Hall–Kier alpha value is -2.82. The molecule has 0 aliphatic heterocycles. The summed E-state index contributed by atoms with van der Waals surface area (Å²) in [6.45, 7) is 0. The van der Waals surface area contributed by atoms with Gasteiger partial charge < -0.3 is 15.8 Å². The van der Waals surface area contributed by atoms with Gasteiger partial charge in [0.25, 0.3) is 5.91 Å².